The fourth-order valence-electron chi connectivity index (χ4n) is 3.08. The number of aryl methyl sites for hydroxylation is 2. The number of aromatic nitrogens is 2. The molecule has 2 heterocycles. The highest BCUT2D eigenvalue weighted by Crippen LogP contribution is 2.18. The summed E-state index contributed by atoms with van der Waals surface area (Å²) < 4.78 is 3.97. The van der Waals surface area contributed by atoms with Crippen LogP contribution in [0.25, 0.3) is 0 Å². The minimum Gasteiger partial charge on any atom is -0.382 e. The number of hydrogen-bond acceptors (Lipinski definition) is 2. The second-order valence-electron chi connectivity index (χ2n) is 6.85. The van der Waals surface area contributed by atoms with Crippen LogP contribution in [0.2, 0.25) is 0 Å². The van der Waals surface area contributed by atoms with Crippen molar-refractivity contribution >= 4 is 0 Å². The van der Waals surface area contributed by atoms with Gasteiger partial charge in [0.1, 0.15) is 12.2 Å². The van der Waals surface area contributed by atoms with Crippen molar-refractivity contribution in [3.05, 3.63) is 95.6 Å². The summed E-state index contributed by atoms with van der Waals surface area (Å²) >= 11 is 0. The largest absolute Gasteiger partial charge is 0.382 e. The number of benzene rings is 1. The Hall–Kier alpha value is -2.56. The minimum absolute atomic E-state index is 0.503. The molecular weight excluding hydrogens is 324 g/mol. The fourth-order valence-corrected chi connectivity index (χ4v) is 3.08. The first-order chi connectivity index (χ1) is 12.5. The molecule has 0 bridgehead atoms. The molecule has 3 rings (SSSR count). The zero-order valence-corrected chi connectivity index (χ0v) is 15.3. The lowest BCUT2D eigenvalue weighted by atomic mass is 10.0. The van der Waals surface area contributed by atoms with Crippen molar-refractivity contribution in [2.75, 3.05) is 0 Å². The highest BCUT2D eigenvalue weighted by molar-refractivity contribution is 5.25. The minimum atomic E-state index is -0.584. The van der Waals surface area contributed by atoms with Crippen molar-refractivity contribution in [3.63, 3.8) is 0 Å². The average Bonchev–Trinajstić information content (AvgIpc) is 2.62. The molecule has 0 saturated carbocycles. The predicted octanol–water partition coefficient (Wildman–Crippen LogP) is 2.35. The van der Waals surface area contributed by atoms with E-state index in [1.807, 2.05) is 96.3 Å². The normalized spacial score (nSPS) is 13.4. The Bertz CT molecular complexity index is 790. The van der Waals surface area contributed by atoms with Gasteiger partial charge in [-0.15, -0.1) is 0 Å². The van der Waals surface area contributed by atoms with E-state index in [-0.39, 0.29) is 0 Å². The van der Waals surface area contributed by atoms with E-state index in [1.165, 1.54) is 0 Å². The van der Waals surface area contributed by atoms with E-state index in [9.17, 15) is 10.2 Å². The van der Waals surface area contributed by atoms with Gasteiger partial charge in [-0.1, -0.05) is 24.3 Å². The topological polar surface area (TPSA) is 48.2 Å². The molecule has 3 aromatic rings. The Balaban J connectivity index is 1.65. The van der Waals surface area contributed by atoms with Gasteiger partial charge in [-0.25, -0.2) is 9.13 Å². The Morgan fingerprint density at radius 2 is 1.08 bits per heavy atom. The first-order valence-corrected chi connectivity index (χ1v) is 8.88. The third-order valence-electron chi connectivity index (χ3n) is 4.49. The molecule has 4 heteroatoms. The summed E-state index contributed by atoms with van der Waals surface area (Å²) in [6.45, 7) is 5.07. The predicted molar refractivity (Wildman–Crippen MR) is 99.1 cm³/mol. The van der Waals surface area contributed by atoms with E-state index in [2.05, 4.69) is 0 Å². The van der Waals surface area contributed by atoms with Gasteiger partial charge >= 0.3 is 0 Å². The summed E-state index contributed by atoms with van der Waals surface area (Å²) in [4.78, 5) is 0. The Labute approximate surface area is 154 Å². The molecule has 134 valence electrons. The average molecular weight is 350 g/mol. The highest BCUT2D eigenvalue weighted by Gasteiger charge is 2.17. The van der Waals surface area contributed by atoms with Crippen LogP contribution in [-0.4, -0.2) is 10.2 Å². The van der Waals surface area contributed by atoms with Crippen molar-refractivity contribution in [1.82, 2.24) is 0 Å². The van der Waals surface area contributed by atoms with Crippen molar-refractivity contribution in [2.24, 2.45) is 0 Å². The number of aliphatic hydroxyl groups is 2. The van der Waals surface area contributed by atoms with E-state index in [1.54, 1.807) is 0 Å². The van der Waals surface area contributed by atoms with E-state index in [4.69, 9.17) is 0 Å². The molecular formula is C22H26N2O2+2. The molecule has 26 heavy (non-hydrogen) atoms. The van der Waals surface area contributed by atoms with Gasteiger partial charge in [0, 0.05) is 23.3 Å². The van der Waals surface area contributed by atoms with Crippen LogP contribution in [0.15, 0.2) is 73.3 Å². The number of rotatable bonds is 6. The zero-order valence-electron chi connectivity index (χ0n) is 15.3. The standard InChI is InChI=1S/C22H26N2O2/c1-17-5-3-11-23(13-17)15-21(25)19-7-9-20(10-8-19)22(26)16-24-12-4-6-18(2)14-24/h3-14,21-22,25-26H,15-16H2,1-2H3/q+2. The van der Waals surface area contributed by atoms with Crippen LogP contribution < -0.4 is 9.13 Å². The summed E-state index contributed by atoms with van der Waals surface area (Å²) in [5, 5.41) is 20.9. The van der Waals surface area contributed by atoms with Gasteiger partial charge in [0.2, 0.25) is 0 Å². The van der Waals surface area contributed by atoms with E-state index < -0.39 is 12.2 Å². The summed E-state index contributed by atoms with van der Waals surface area (Å²) in [6, 6.07) is 15.6. The van der Waals surface area contributed by atoms with Crippen molar-refractivity contribution in [3.8, 4) is 0 Å². The van der Waals surface area contributed by atoms with Gasteiger partial charge in [-0.2, -0.15) is 0 Å². The Morgan fingerprint density at radius 3 is 1.42 bits per heavy atom. The second kappa shape index (κ2) is 8.21. The molecule has 2 unspecified atom stereocenters. The van der Waals surface area contributed by atoms with Crippen LogP contribution in [0.5, 0.6) is 0 Å². The molecule has 2 N–H and O–H groups in total. The van der Waals surface area contributed by atoms with Gasteiger partial charge in [-0.3, -0.25) is 0 Å². The molecule has 0 saturated heterocycles. The molecule has 0 aliphatic rings. The number of pyridine rings is 2. The summed E-state index contributed by atoms with van der Waals surface area (Å²) in [7, 11) is 0. The maximum absolute atomic E-state index is 10.5. The molecule has 1 aromatic carbocycles. The third kappa shape index (κ3) is 4.75. The number of hydrogen-bond donors (Lipinski definition) is 2. The van der Waals surface area contributed by atoms with Crippen LogP contribution in [0.1, 0.15) is 34.5 Å². The quantitative estimate of drug-likeness (QED) is 0.671. The van der Waals surface area contributed by atoms with Crippen molar-refractivity contribution < 1.29 is 19.3 Å². The first-order valence-electron chi connectivity index (χ1n) is 8.88. The zero-order chi connectivity index (χ0) is 18.5. The van der Waals surface area contributed by atoms with E-state index >= 15 is 0 Å². The van der Waals surface area contributed by atoms with Crippen molar-refractivity contribution in [2.45, 2.75) is 39.1 Å². The summed E-state index contributed by atoms with van der Waals surface area (Å²) in [6.07, 6.45) is 6.76. The van der Waals surface area contributed by atoms with E-state index in [0.717, 1.165) is 22.3 Å². The maximum atomic E-state index is 10.5. The molecule has 0 aliphatic heterocycles. The SMILES string of the molecule is Cc1ccc[n+](CC(O)c2ccc(C(O)C[n+]3cccc(C)c3)cc2)c1. The Kier molecular flexibility index (Phi) is 5.76. The van der Waals surface area contributed by atoms with Gasteiger partial charge < -0.3 is 10.2 Å². The van der Waals surface area contributed by atoms with E-state index in [0.29, 0.717) is 13.1 Å². The van der Waals surface area contributed by atoms with Gasteiger partial charge in [0.05, 0.1) is 0 Å². The highest BCUT2D eigenvalue weighted by atomic mass is 16.3. The van der Waals surface area contributed by atoms with Gasteiger partial charge in [0.15, 0.2) is 37.9 Å². The molecule has 0 fully saturated rings. The molecule has 0 radical (unpaired) electrons. The molecule has 0 aliphatic carbocycles. The third-order valence-corrected chi connectivity index (χ3v) is 4.49. The number of nitrogens with zero attached hydrogens (tertiary/aromatic N) is 2. The van der Waals surface area contributed by atoms with Crippen LogP contribution in [0, 0.1) is 13.8 Å². The lowest BCUT2D eigenvalue weighted by Gasteiger charge is -2.11. The maximum Gasteiger partial charge on any atom is 0.178 e. The number of aliphatic hydroxyl groups excluding tert-OH is 2. The first kappa shape index (κ1) is 18.2. The van der Waals surface area contributed by atoms with Crippen molar-refractivity contribution in [1.29, 1.82) is 0 Å². The van der Waals surface area contributed by atoms with Crippen LogP contribution in [0.3, 0.4) is 0 Å². The molecule has 2 aromatic heterocycles. The second-order valence-corrected chi connectivity index (χ2v) is 6.85. The van der Waals surface area contributed by atoms with Gasteiger partial charge in [0.25, 0.3) is 0 Å². The smallest absolute Gasteiger partial charge is 0.178 e. The summed E-state index contributed by atoms with van der Waals surface area (Å²) in [5.74, 6) is 0. The van der Waals surface area contributed by atoms with Crippen LogP contribution in [-0.2, 0) is 13.1 Å². The van der Waals surface area contributed by atoms with Crippen LogP contribution in [0.4, 0.5) is 0 Å². The summed E-state index contributed by atoms with van der Waals surface area (Å²) in [5.41, 5.74) is 4.01. The molecule has 0 spiro atoms. The molecule has 2 atom stereocenters. The lowest BCUT2D eigenvalue weighted by Crippen LogP contribution is -2.36. The van der Waals surface area contributed by atoms with Crippen LogP contribution >= 0.6 is 0 Å². The monoisotopic (exact) mass is 350 g/mol. The Morgan fingerprint density at radius 1 is 0.692 bits per heavy atom. The molecule has 0 amide bonds. The lowest BCUT2D eigenvalue weighted by molar-refractivity contribution is -0.705. The van der Waals surface area contributed by atoms with Gasteiger partial charge in [-0.05, 0) is 37.1 Å². The molecule has 4 nitrogen and oxygen atoms in total. The fraction of sp³-hybridized carbons (Fsp3) is 0.273.